The summed E-state index contributed by atoms with van der Waals surface area (Å²) in [6.07, 6.45) is 3.17. The summed E-state index contributed by atoms with van der Waals surface area (Å²) in [7, 11) is 0. The average Bonchev–Trinajstić information content (AvgIpc) is 2.22. The van der Waals surface area contributed by atoms with Crippen molar-refractivity contribution in [3.05, 3.63) is 28.8 Å². The van der Waals surface area contributed by atoms with E-state index < -0.39 is 0 Å². The second-order valence-corrected chi connectivity index (χ2v) is 8.29. The molecule has 1 fully saturated rings. The van der Waals surface area contributed by atoms with Gasteiger partial charge in [-0.2, -0.15) is 0 Å². The second-order valence-electron chi connectivity index (χ2n) is 7.86. The van der Waals surface area contributed by atoms with Crippen LogP contribution in [0.2, 0.25) is 5.02 Å². The highest BCUT2D eigenvalue weighted by molar-refractivity contribution is 6.31. The Balaban J connectivity index is 2.12. The van der Waals surface area contributed by atoms with Crippen molar-refractivity contribution >= 4 is 23.2 Å². The number of nitrogen functional groups attached to an aromatic ring is 1. The van der Waals surface area contributed by atoms with Crippen LogP contribution in [-0.4, -0.2) is 11.9 Å². The Morgan fingerprint density at radius 1 is 1.19 bits per heavy atom. The van der Waals surface area contributed by atoms with Gasteiger partial charge in [0, 0.05) is 22.3 Å². The molecule has 0 atom stereocenters. The smallest absolute Gasteiger partial charge is 0.251 e. The van der Waals surface area contributed by atoms with Crippen molar-refractivity contribution in [3.8, 4) is 0 Å². The summed E-state index contributed by atoms with van der Waals surface area (Å²) in [5.41, 5.74) is 7.28. The van der Waals surface area contributed by atoms with Gasteiger partial charge in [-0.1, -0.05) is 39.3 Å². The van der Waals surface area contributed by atoms with Gasteiger partial charge >= 0.3 is 0 Å². The molecule has 1 aliphatic carbocycles. The van der Waals surface area contributed by atoms with Crippen LogP contribution in [0, 0.1) is 10.8 Å². The lowest BCUT2D eigenvalue weighted by Gasteiger charge is -2.45. The molecule has 1 aliphatic rings. The Morgan fingerprint density at radius 3 is 2.29 bits per heavy atom. The fourth-order valence-corrected chi connectivity index (χ4v) is 4.20. The van der Waals surface area contributed by atoms with Crippen molar-refractivity contribution < 1.29 is 4.79 Å². The van der Waals surface area contributed by atoms with Gasteiger partial charge in [0.15, 0.2) is 0 Å². The molecular weight excluding hydrogens is 284 g/mol. The molecule has 0 aromatic heterocycles. The maximum Gasteiger partial charge on any atom is 0.251 e. The first-order chi connectivity index (χ1) is 9.56. The van der Waals surface area contributed by atoms with Gasteiger partial charge in [0.2, 0.25) is 0 Å². The summed E-state index contributed by atoms with van der Waals surface area (Å²) in [4.78, 5) is 12.4. The zero-order valence-electron chi connectivity index (χ0n) is 13.3. The van der Waals surface area contributed by atoms with Gasteiger partial charge in [0.1, 0.15) is 0 Å². The maximum absolute atomic E-state index is 12.4. The summed E-state index contributed by atoms with van der Waals surface area (Å²) in [6, 6.07) is 5.16. The number of carbonyl (C=O) groups excluding carboxylic acids is 1. The first kappa shape index (κ1) is 16.2. The monoisotopic (exact) mass is 308 g/mol. The second kappa shape index (κ2) is 5.53. The van der Waals surface area contributed by atoms with Gasteiger partial charge in [0.05, 0.1) is 0 Å². The topological polar surface area (TPSA) is 55.1 Å². The molecule has 1 aromatic carbocycles. The lowest BCUT2D eigenvalue weighted by molar-refractivity contribution is 0.0713. The minimum Gasteiger partial charge on any atom is -0.399 e. The van der Waals surface area contributed by atoms with Crippen molar-refractivity contribution in [2.75, 3.05) is 5.73 Å². The van der Waals surface area contributed by atoms with Crippen molar-refractivity contribution in [1.29, 1.82) is 0 Å². The highest BCUT2D eigenvalue weighted by Gasteiger charge is 2.38. The molecule has 3 N–H and O–H groups in total. The number of rotatable bonds is 2. The molecule has 116 valence electrons. The van der Waals surface area contributed by atoms with E-state index in [1.807, 2.05) is 0 Å². The molecule has 1 amide bonds. The van der Waals surface area contributed by atoms with Gasteiger partial charge in [0.25, 0.3) is 5.91 Å². The lowest BCUT2D eigenvalue weighted by Crippen LogP contribution is -2.46. The molecule has 1 aromatic rings. The molecule has 2 rings (SSSR count). The van der Waals surface area contributed by atoms with Crippen LogP contribution in [0.3, 0.4) is 0 Å². The molecule has 1 saturated carbocycles. The first-order valence-electron chi connectivity index (χ1n) is 7.43. The lowest BCUT2D eigenvalue weighted by atomic mass is 9.63. The van der Waals surface area contributed by atoms with E-state index in [1.165, 1.54) is 6.42 Å². The molecule has 0 radical (unpaired) electrons. The fraction of sp³-hybridized carbons (Fsp3) is 0.588. The van der Waals surface area contributed by atoms with Crippen LogP contribution in [0.25, 0.3) is 0 Å². The molecule has 3 nitrogen and oxygen atoms in total. The SMILES string of the molecule is CC1(C)CC(NC(=O)c2cc(N)cc(Cl)c2)CC(C)(C)C1. The normalized spacial score (nSPS) is 21.0. The Labute approximate surface area is 132 Å². The van der Waals surface area contributed by atoms with Crippen LogP contribution in [-0.2, 0) is 0 Å². The van der Waals surface area contributed by atoms with Crippen LogP contribution >= 0.6 is 11.6 Å². The highest BCUT2D eigenvalue weighted by Crippen LogP contribution is 2.45. The highest BCUT2D eigenvalue weighted by atomic mass is 35.5. The van der Waals surface area contributed by atoms with Crippen LogP contribution < -0.4 is 11.1 Å². The summed E-state index contributed by atoms with van der Waals surface area (Å²) < 4.78 is 0. The van der Waals surface area contributed by atoms with Gasteiger partial charge in [-0.3, -0.25) is 4.79 Å². The summed E-state index contributed by atoms with van der Waals surface area (Å²) in [6.45, 7) is 9.07. The third-order valence-corrected chi connectivity index (χ3v) is 4.29. The fourth-order valence-electron chi connectivity index (χ4n) is 3.96. The standard InChI is InChI=1S/C17H25ClN2O/c1-16(2)8-14(9-17(3,4)10-16)20-15(21)11-5-12(18)7-13(19)6-11/h5-7,14H,8-10,19H2,1-4H3,(H,20,21). The number of hydrogen-bond acceptors (Lipinski definition) is 2. The minimum absolute atomic E-state index is 0.0947. The largest absolute Gasteiger partial charge is 0.399 e. The molecule has 21 heavy (non-hydrogen) atoms. The van der Waals surface area contributed by atoms with E-state index in [0.717, 1.165) is 12.8 Å². The van der Waals surface area contributed by atoms with Crippen LogP contribution in [0.15, 0.2) is 18.2 Å². The van der Waals surface area contributed by atoms with E-state index >= 15 is 0 Å². The molecule has 0 saturated heterocycles. The van der Waals surface area contributed by atoms with E-state index in [-0.39, 0.29) is 22.8 Å². The summed E-state index contributed by atoms with van der Waals surface area (Å²) in [5, 5.41) is 3.64. The van der Waals surface area contributed by atoms with Crippen molar-refractivity contribution in [2.45, 2.75) is 53.0 Å². The van der Waals surface area contributed by atoms with Gasteiger partial charge in [-0.05, 0) is 48.3 Å². The molecule has 0 aliphatic heterocycles. The quantitative estimate of drug-likeness (QED) is 0.802. The number of amides is 1. The number of benzene rings is 1. The summed E-state index contributed by atoms with van der Waals surface area (Å²) >= 11 is 5.97. The van der Waals surface area contributed by atoms with Gasteiger partial charge in [-0.25, -0.2) is 0 Å². The number of anilines is 1. The predicted octanol–water partition coefficient (Wildman–Crippen LogP) is 4.26. The maximum atomic E-state index is 12.4. The van der Waals surface area contributed by atoms with E-state index in [9.17, 15) is 4.79 Å². The zero-order valence-corrected chi connectivity index (χ0v) is 14.1. The summed E-state index contributed by atoms with van der Waals surface area (Å²) in [5.74, 6) is -0.0947. The van der Waals surface area contributed by atoms with Crippen molar-refractivity contribution in [2.24, 2.45) is 10.8 Å². The van der Waals surface area contributed by atoms with E-state index in [1.54, 1.807) is 18.2 Å². The zero-order chi connectivity index (χ0) is 15.8. The molecule has 0 bridgehead atoms. The van der Waals surface area contributed by atoms with E-state index in [2.05, 4.69) is 33.0 Å². The minimum atomic E-state index is -0.0947. The Bertz CT molecular complexity index is 515. The Hall–Kier alpha value is -1.22. The number of carbonyl (C=O) groups is 1. The predicted molar refractivity (Wildman–Crippen MR) is 88.5 cm³/mol. The molecule has 0 heterocycles. The Kier molecular flexibility index (Phi) is 4.25. The van der Waals surface area contributed by atoms with Crippen molar-refractivity contribution in [3.63, 3.8) is 0 Å². The number of halogens is 1. The first-order valence-corrected chi connectivity index (χ1v) is 7.81. The van der Waals surface area contributed by atoms with Crippen molar-refractivity contribution in [1.82, 2.24) is 5.32 Å². The number of hydrogen-bond donors (Lipinski definition) is 2. The van der Waals surface area contributed by atoms with Crippen LogP contribution in [0.1, 0.15) is 57.3 Å². The molecular formula is C17H25ClN2O. The molecule has 0 unspecified atom stereocenters. The average molecular weight is 309 g/mol. The van der Waals surface area contributed by atoms with Gasteiger partial charge < -0.3 is 11.1 Å². The van der Waals surface area contributed by atoms with Crippen LogP contribution in [0.4, 0.5) is 5.69 Å². The molecule has 0 spiro atoms. The third-order valence-electron chi connectivity index (χ3n) is 4.07. The Morgan fingerprint density at radius 2 is 1.76 bits per heavy atom. The number of nitrogens with two attached hydrogens (primary N) is 1. The van der Waals surface area contributed by atoms with Gasteiger partial charge in [-0.15, -0.1) is 0 Å². The number of nitrogens with one attached hydrogen (secondary N) is 1. The van der Waals surface area contributed by atoms with E-state index in [0.29, 0.717) is 16.3 Å². The molecule has 4 heteroatoms. The van der Waals surface area contributed by atoms with Crippen LogP contribution in [0.5, 0.6) is 0 Å². The third kappa shape index (κ3) is 4.37. The van der Waals surface area contributed by atoms with E-state index in [4.69, 9.17) is 17.3 Å².